The number of tetrazole rings is 1. The maximum Gasteiger partial charge on any atom is 0.253 e. The molecule has 28 heavy (non-hydrogen) atoms. The van der Waals surface area contributed by atoms with Gasteiger partial charge >= 0.3 is 0 Å². The monoisotopic (exact) mass is 378 g/mol. The van der Waals surface area contributed by atoms with Crippen molar-refractivity contribution in [2.75, 3.05) is 13.1 Å². The molecule has 0 unspecified atom stereocenters. The molecule has 2 fully saturated rings. The topological polar surface area (TPSA) is 79.7 Å². The molecule has 3 aromatic rings. The largest absolute Gasteiger partial charge is 0.321 e. The Kier molecular flexibility index (Phi) is 4.47. The van der Waals surface area contributed by atoms with Crippen LogP contribution < -0.4 is 5.56 Å². The number of hydrogen-bond acceptors (Lipinski definition) is 5. The maximum absolute atomic E-state index is 13.2. The number of para-hydroxylation sites is 1. The average molecular weight is 378 g/mol. The van der Waals surface area contributed by atoms with Crippen LogP contribution in [0.5, 0.6) is 0 Å². The summed E-state index contributed by atoms with van der Waals surface area (Å²) < 4.78 is 2.00. The lowest BCUT2D eigenvalue weighted by atomic mass is 10.0. The number of aromatic nitrogens is 5. The number of pyridine rings is 1. The summed E-state index contributed by atoms with van der Waals surface area (Å²) in [4.78, 5) is 18.6. The zero-order valence-electron chi connectivity index (χ0n) is 16.3. The highest BCUT2D eigenvalue weighted by atomic mass is 16.1. The summed E-state index contributed by atoms with van der Waals surface area (Å²) in [7, 11) is 0. The first-order valence-electron chi connectivity index (χ1n) is 10.4. The van der Waals surface area contributed by atoms with Gasteiger partial charge in [-0.05, 0) is 73.1 Å². The molecule has 0 radical (unpaired) electrons. The maximum atomic E-state index is 13.2. The van der Waals surface area contributed by atoms with E-state index in [1.165, 1.54) is 12.8 Å². The normalized spacial score (nSPS) is 19.6. The number of likely N-dealkylation sites (tertiary alicyclic amines) is 1. The molecule has 1 N–H and O–H groups in total. The Morgan fingerprint density at radius 3 is 2.71 bits per heavy atom. The molecule has 1 aromatic carbocycles. The van der Waals surface area contributed by atoms with Crippen molar-refractivity contribution >= 4 is 10.9 Å². The van der Waals surface area contributed by atoms with E-state index in [-0.39, 0.29) is 11.6 Å². The minimum absolute atomic E-state index is 0.0420. The van der Waals surface area contributed by atoms with Gasteiger partial charge in [-0.15, -0.1) is 5.10 Å². The number of fused-ring (bicyclic) bond motifs is 1. The third-order valence-corrected chi connectivity index (χ3v) is 6.35. The summed E-state index contributed by atoms with van der Waals surface area (Å²) in [6.45, 7) is 3.96. The second-order valence-corrected chi connectivity index (χ2v) is 8.16. The Bertz CT molecular complexity index is 1040. The predicted octanol–water partition coefficient (Wildman–Crippen LogP) is 3.12. The second kappa shape index (κ2) is 7.13. The minimum Gasteiger partial charge on any atom is -0.321 e. The Labute approximate surface area is 163 Å². The van der Waals surface area contributed by atoms with Crippen molar-refractivity contribution in [2.24, 2.45) is 0 Å². The highest BCUT2D eigenvalue weighted by Gasteiger charge is 2.34. The predicted molar refractivity (Wildman–Crippen MR) is 107 cm³/mol. The van der Waals surface area contributed by atoms with Crippen molar-refractivity contribution in [1.82, 2.24) is 30.1 Å². The van der Waals surface area contributed by atoms with Gasteiger partial charge in [-0.3, -0.25) is 9.69 Å². The van der Waals surface area contributed by atoms with Gasteiger partial charge in [0.1, 0.15) is 6.04 Å². The van der Waals surface area contributed by atoms with Crippen LogP contribution in [0, 0.1) is 6.92 Å². The highest BCUT2D eigenvalue weighted by Crippen LogP contribution is 2.35. The van der Waals surface area contributed by atoms with Crippen molar-refractivity contribution < 1.29 is 0 Å². The van der Waals surface area contributed by atoms with Crippen LogP contribution in [0.4, 0.5) is 0 Å². The van der Waals surface area contributed by atoms with Gasteiger partial charge in [0.05, 0.1) is 11.6 Å². The summed E-state index contributed by atoms with van der Waals surface area (Å²) in [5.41, 5.74) is 2.69. The van der Waals surface area contributed by atoms with Gasteiger partial charge in [-0.2, -0.15) is 0 Å². The molecule has 1 saturated carbocycles. The standard InChI is InChI=1S/C21H26N6O/c1-14-7-6-8-15-13-17(21(28)22-18(14)15)19(26-11-4-5-12-26)20-23-24-25-27(20)16-9-2-3-10-16/h6-8,13,16,19H,2-5,9-12H2,1H3,(H,22,28)/t19-/m0/s1. The molecule has 0 spiro atoms. The van der Waals surface area contributed by atoms with Gasteiger partial charge in [-0.25, -0.2) is 4.68 Å². The molecule has 1 aliphatic heterocycles. The van der Waals surface area contributed by atoms with E-state index < -0.39 is 0 Å². The SMILES string of the molecule is Cc1cccc2cc([C@@H](c3nnnn3C3CCCC3)N3CCCC3)c(=O)[nH]c12. The summed E-state index contributed by atoms with van der Waals surface area (Å²) in [5.74, 6) is 0.811. The Morgan fingerprint density at radius 2 is 1.93 bits per heavy atom. The van der Waals surface area contributed by atoms with Gasteiger partial charge in [0.25, 0.3) is 5.56 Å². The van der Waals surface area contributed by atoms with Gasteiger partial charge in [0, 0.05) is 5.56 Å². The quantitative estimate of drug-likeness (QED) is 0.754. The van der Waals surface area contributed by atoms with Crippen molar-refractivity contribution in [3.63, 3.8) is 0 Å². The fourth-order valence-electron chi connectivity index (χ4n) is 4.89. The number of hydrogen-bond donors (Lipinski definition) is 1. The van der Waals surface area contributed by atoms with Gasteiger partial charge in [0.15, 0.2) is 5.82 Å². The highest BCUT2D eigenvalue weighted by molar-refractivity contribution is 5.82. The molecule has 0 bridgehead atoms. The van der Waals surface area contributed by atoms with Crippen LogP contribution in [0.1, 0.15) is 67.6 Å². The van der Waals surface area contributed by atoms with Crippen molar-refractivity contribution in [2.45, 2.75) is 57.5 Å². The molecule has 2 aliphatic rings. The van der Waals surface area contributed by atoms with Crippen LogP contribution >= 0.6 is 0 Å². The lowest BCUT2D eigenvalue weighted by Crippen LogP contribution is -2.34. The van der Waals surface area contributed by atoms with E-state index >= 15 is 0 Å². The lowest BCUT2D eigenvalue weighted by Gasteiger charge is -2.27. The third kappa shape index (κ3) is 2.94. The molecule has 0 amide bonds. The van der Waals surface area contributed by atoms with Crippen molar-refractivity contribution in [3.8, 4) is 0 Å². The number of benzene rings is 1. The molecular formula is C21H26N6O. The van der Waals surface area contributed by atoms with E-state index in [0.717, 1.165) is 66.6 Å². The second-order valence-electron chi connectivity index (χ2n) is 8.16. The first kappa shape index (κ1) is 17.6. The number of H-pyrrole nitrogens is 1. The van der Waals surface area contributed by atoms with Gasteiger partial charge < -0.3 is 4.98 Å². The number of nitrogens with one attached hydrogen (secondary N) is 1. The Morgan fingerprint density at radius 1 is 1.14 bits per heavy atom. The summed E-state index contributed by atoms with van der Waals surface area (Å²) >= 11 is 0. The van der Waals surface area contributed by atoms with Crippen LogP contribution in [0.2, 0.25) is 0 Å². The van der Waals surface area contributed by atoms with Crippen LogP contribution in [0.15, 0.2) is 29.1 Å². The molecule has 7 heteroatoms. The molecule has 146 valence electrons. The molecule has 2 aromatic heterocycles. The minimum atomic E-state index is -0.202. The molecular weight excluding hydrogens is 352 g/mol. The van der Waals surface area contributed by atoms with E-state index in [1.54, 1.807) is 0 Å². The molecule has 5 rings (SSSR count). The fraction of sp³-hybridized carbons (Fsp3) is 0.524. The van der Waals surface area contributed by atoms with Crippen LogP contribution in [-0.4, -0.2) is 43.2 Å². The van der Waals surface area contributed by atoms with E-state index in [0.29, 0.717) is 6.04 Å². The van der Waals surface area contributed by atoms with E-state index in [1.807, 2.05) is 29.8 Å². The molecule has 3 heterocycles. The zero-order valence-corrected chi connectivity index (χ0v) is 16.3. The smallest absolute Gasteiger partial charge is 0.253 e. The molecule has 1 aliphatic carbocycles. The Hall–Kier alpha value is -2.54. The lowest BCUT2D eigenvalue weighted by molar-refractivity contribution is 0.256. The van der Waals surface area contributed by atoms with Crippen molar-refractivity contribution in [1.29, 1.82) is 0 Å². The number of aryl methyl sites for hydroxylation is 1. The van der Waals surface area contributed by atoms with Gasteiger partial charge in [-0.1, -0.05) is 31.0 Å². The Balaban J connectivity index is 1.67. The molecule has 1 saturated heterocycles. The van der Waals surface area contributed by atoms with Gasteiger partial charge in [0.2, 0.25) is 0 Å². The number of rotatable bonds is 4. The summed E-state index contributed by atoms with van der Waals surface area (Å²) in [6, 6.07) is 8.30. The van der Waals surface area contributed by atoms with Crippen LogP contribution in [0.25, 0.3) is 10.9 Å². The fourth-order valence-corrected chi connectivity index (χ4v) is 4.89. The summed E-state index contributed by atoms with van der Waals surface area (Å²) in [6.07, 6.45) is 6.94. The van der Waals surface area contributed by atoms with Crippen LogP contribution in [0.3, 0.4) is 0 Å². The van der Waals surface area contributed by atoms with E-state index in [4.69, 9.17) is 0 Å². The van der Waals surface area contributed by atoms with Crippen molar-refractivity contribution in [3.05, 3.63) is 51.6 Å². The molecule has 7 nitrogen and oxygen atoms in total. The third-order valence-electron chi connectivity index (χ3n) is 6.35. The van der Waals surface area contributed by atoms with E-state index in [2.05, 4.69) is 31.5 Å². The zero-order chi connectivity index (χ0) is 19.1. The van der Waals surface area contributed by atoms with E-state index in [9.17, 15) is 4.79 Å². The summed E-state index contributed by atoms with van der Waals surface area (Å²) in [5, 5.41) is 13.8. The first-order valence-corrected chi connectivity index (χ1v) is 10.4. The number of aromatic amines is 1. The van der Waals surface area contributed by atoms with Crippen LogP contribution in [-0.2, 0) is 0 Å². The average Bonchev–Trinajstić information content (AvgIpc) is 3.46. The first-order chi connectivity index (χ1) is 13.7. The number of nitrogens with zero attached hydrogens (tertiary/aromatic N) is 5. The molecule has 1 atom stereocenters.